The number of nitrogens with zero attached hydrogens (tertiary/aromatic N) is 1. The van der Waals surface area contributed by atoms with Gasteiger partial charge in [0.25, 0.3) is 5.91 Å². The van der Waals surface area contributed by atoms with Gasteiger partial charge in [-0.3, -0.25) is 14.9 Å². The number of amides is 1. The van der Waals surface area contributed by atoms with Gasteiger partial charge in [0.2, 0.25) is 0 Å². The molecule has 0 radical (unpaired) electrons. The summed E-state index contributed by atoms with van der Waals surface area (Å²) in [7, 11) is 0. The molecular weight excluding hydrogens is 272 g/mol. The zero-order chi connectivity index (χ0) is 15.8. The number of phenols is 1. The average Bonchev–Trinajstić information content (AvgIpc) is 2.43. The first-order chi connectivity index (χ1) is 9.95. The van der Waals surface area contributed by atoms with Gasteiger partial charge in [0.15, 0.2) is 5.75 Å². The van der Waals surface area contributed by atoms with Gasteiger partial charge in [0, 0.05) is 17.7 Å². The van der Waals surface area contributed by atoms with E-state index >= 15 is 0 Å². The topological polar surface area (TPSA) is 92.5 Å². The summed E-state index contributed by atoms with van der Waals surface area (Å²) in [6.07, 6.45) is 5.46. The van der Waals surface area contributed by atoms with E-state index in [4.69, 9.17) is 0 Å². The molecule has 1 unspecified atom stereocenters. The molecule has 1 rings (SSSR count). The van der Waals surface area contributed by atoms with Crippen LogP contribution in [0.1, 0.15) is 56.3 Å². The molecule has 6 heteroatoms. The SMILES string of the molecule is CCCCCCC(C)NC(=O)c1ccc([N+](=O)[O-])c(O)c1. The third-order valence-electron chi connectivity index (χ3n) is 3.30. The van der Waals surface area contributed by atoms with Crippen LogP contribution in [0, 0.1) is 10.1 Å². The Morgan fingerprint density at radius 3 is 2.67 bits per heavy atom. The molecule has 1 aromatic carbocycles. The van der Waals surface area contributed by atoms with E-state index in [2.05, 4.69) is 12.2 Å². The van der Waals surface area contributed by atoms with Crippen molar-refractivity contribution >= 4 is 11.6 Å². The van der Waals surface area contributed by atoms with Gasteiger partial charge in [-0.2, -0.15) is 0 Å². The van der Waals surface area contributed by atoms with Crippen molar-refractivity contribution < 1.29 is 14.8 Å². The zero-order valence-corrected chi connectivity index (χ0v) is 12.5. The van der Waals surface area contributed by atoms with Crippen molar-refractivity contribution in [2.45, 2.75) is 52.0 Å². The van der Waals surface area contributed by atoms with Gasteiger partial charge in [-0.25, -0.2) is 0 Å². The molecule has 0 aromatic heterocycles. The van der Waals surface area contributed by atoms with E-state index < -0.39 is 16.4 Å². The number of phenolic OH excluding ortho intramolecular Hbond substituents is 1. The standard InChI is InChI=1S/C15H22N2O4/c1-3-4-5-6-7-11(2)16-15(19)12-8-9-13(17(20)21)14(18)10-12/h8-11,18H,3-7H2,1-2H3,(H,16,19). The molecule has 116 valence electrons. The molecule has 2 N–H and O–H groups in total. The summed E-state index contributed by atoms with van der Waals surface area (Å²) in [5.74, 6) is -0.827. The van der Waals surface area contributed by atoms with E-state index in [0.717, 1.165) is 31.4 Å². The van der Waals surface area contributed by atoms with Gasteiger partial charge in [-0.1, -0.05) is 32.6 Å². The Hall–Kier alpha value is -2.11. The second-order valence-corrected chi connectivity index (χ2v) is 5.18. The fourth-order valence-corrected chi connectivity index (χ4v) is 2.08. The zero-order valence-electron chi connectivity index (χ0n) is 12.5. The van der Waals surface area contributed by atoms with Crippen LogP contribution in [0.25, 0.3) is 0 Å². The molecule has 0 aliphatic rings. The van der Waals surface area contributed by atoms with Gasteiger partial charge >= 0.3 is 5.69 Å². The van der Waals surface area contributed by atoms with Gasteiger partial charge in [-0.05, 0) is 25.5 Å². The second-order valence-electron chi connectivity index (χ2n) is 5.18. The molecule has 0 bridgehead atoms. The average molecular weight is 294 g/mol. The highest BCUT2D eigenvalue weighted by Gasteiger charge is 2.16. The Bertz CT molecular complexity index is 502. The largest absolute Gasteiger partial charge is 0.502 e. The van der Waals surface area contributed by atoms with Crippen LogP contribution in [0.2, 0.25) is 0 Å². The molecule has 1 atom stereocenters. The predicted octanol–water partition coefficient (Wildman–Crippen LogP) is 3.39. The van der Waals surface area contributed by atoms with Gasteiger partial charge in [0.05, 0.1) is 4.92 Å². The number of nitrogens with one attached hydrogen (secondary N) is 1. The molecule has 1 aromatic rings. The number of hydrogen-bond acceptors (Lipinski definition) is 4. The Kier molecular flexibility index (Phi) is 6.65. The van der Waals surface area contributed by atoms with Crippen LogP contribution in [0.5, 0.6) is 5.75 Å². The normalized spacial score (nSPS) is 11.9. The highest BCUT2D eigenvalue weighted by Crippen LogP contribution is 2.26. The van der Waals surface area contributed by atoms with Crippen molar-refractivity contribution in [1.82, 2.24) is 5.32 Å². The van der Waals surface area contributed by atoms with E-state index in [1.807, 2.05) is 6.92 Å². The third kappa shape index (κ3) is 5.41. The van der Waals surface area contributed by atoms with Gasteiger partial charge in [-0.15, -0.1) is 0 Å². The van der Waals surface area contributed by atoms with Gasteiger partial charge < -0.3 is 10.4 Å². The second kappa shape index (κ2) is 8.24. The summed E-state index contributed by atoms with van der Waals surface area (Å²) in [4.78, 5) is 21.9. The first-order valence-electron chi connectivity index (χ1n) is 7.24. The van der Waals surface area contributed by atoms with E-state index in [-0.39, 0.29) is 17.5 Å². The summed E-state index contributed by atoms with van der Waals surface area (Å²) in [5, 5.41) is 22.9. The molecule has 0 saturated carbocycles. The number of carbonyl (C=O) groups is 1. The Morgan fingerprint density at radius 1 is 1.38 bits per heavy atom. The quantitative estimate of drug-likeness (QED) is 0.436. The summed E-state index contributed by atoms with van der Waals surface area (Å²) in [5.41, 5.74) is -0.183. The highest BCUT2D eigenvalue weighted by atomic mass is 16.6. The maximum Gasteiger partial charge on any atom is 0.310 e. The van der Waals surface area contributed by atoms with Crippen LogP contribution in [0.4, 0.5) is 5.69 Å². The smallest absolute Gasteiger partial charge is 0.310 e. The summed E-state index contributed by atoms with van der Waals surface area (Å²) >= 11 is 0. The molecule has 0 heterocycles. The minimum absolute atomic E-state index is 0.0340. The maximum absolute atomic E-state index is 12.0. The van der Waals surface area contributed by atoms with Crippen LogP contribution in [-0.2, 0) is 0 Å². The molecule has 0 aliphatic heterocycles. The lowest BCUT2D eigenvalue weighted by atomic mass is 10.1. The van der Waals surface area contributed by atoms with Gasteiger partial charge in [0.1, 0.15) is 0 Å². The van der Waals surface area contributed by atoms with Crippen molar-refractivity contribution in [1.29, 1.82) is 0 Å². The number of rotatable bonds is 8. The van der Waals surface area contributed by atoms with E-state index in [1.165, 1.54) is 18.9 Å². The molecule has 0 saturated heterocycles. The summed E-state index contributed by atoms with van der Waals surface area (Å²) in [6.45, 7) is 4.07. The van der Waals surface area contributed by atoms with Crippen molar-refractivity contribution in [3.63, 3.8) is 0 Å². The molecule has 1 amide bonds. The highest BCUT2D eigenvalue weighted by molar-refractivity contribution is 5.95. The van der Waals surface area contributed by atoms with Crippen LogP contribution in [0.3, 0.4) is 0 Å². The molecule has 0 spiro atoms. The van der Waals surface area contributed by atoms with E-state index in [1.54, 1.807) is 0 Å². The van der Waals surface area contributed by atoms with Crippen LogP contribution < -0.4 is 5.32 Å². The lowest BCUT2D eigenvalue weighted by Crippen LogP contribution is -2.32. The third-order valence-corrected chi connectivity index (χ3v) is 3.30. The number of benzene rings is 1. The number of carbonyl (C=O) groups excluding carboxylic acids is 1. The monoisotopic (exact) mass is 294 g/mol. The molecule has 21 heavy (non-hydrogen) atoms. The maximum atomic E-state index is 12.0. The first-order valence-corrected chi connectivity index (χ1v) is 7.24. The minimum atomic E-state index is -0.687. The number of aromatic hydroxyl groups is 1. The fourth-order valence-electron chi connectivity index (χ4n) is 2.08. The number of nitro groups is 1. The molecule has 6 nitrogen and oxygen atoms in total. The Morgan fingerprint density at radius 2 is 2.10 bits per heavy atom. The van der Waals surface area contributed by atoms with Crippen molar-refractivity contribution in [3.8, 4) is 5.75 Å². The number of hydrogen-bond donors (Lipinski definition) is 2. The lowest BCUT2D eigenvalue weighted by Gasteiger charge is -2.13. The first kappa shape index (κ1) is 16.9. The Balaban J connectivity index is 2.55. The van der Waals surface area contributed by atoms with Crippen molar-refractivity contribution in [3.05, 3.63) is 33.9 Å². The van der Waals surface area contributed by atoms with E-state index in [0.29, 0.717) is 0 Å². The van der Waals surface area contributed by atoms with Crippen LogP contribution in [0.15, 0.2) is 18.2 Å². The van der Waals surface area contributed by atoms with E-state index in [9.17, 15) is 20.0 Å². The number of nitro benzene ring substituents is 1. The van der Waals surface area contributed by atoms with Crippen LogP contribution in [-0.4, -0.2) is 22.0 Å². The van der Waals surface area contributed by atoms with Crippen molar-refractivity contribution in [2.24, 2.45) is 0 Å². The fraction of sp³-hybridized carbons (Fsp3) is 0.533. The minimum Gasteiger partial charge on any atom is -0.502 e. The summed E-state index contributed by atoms with van der Waals surface area (Å²) < 4.78 is 0. The Labute approximate surface area is 124 Å². The lowest BCUT2D eigenvalue weighted by molar-refractivity contribution is -0.385. The predicted molar refractivity (Wildman–Crippen MR) is 80.4 cm³/mol. The number of unbranched alkanes of at least 4 members (excludes halogenated alkanes) is 3. The molecule has 0 aliphatic carbocycles. The summed E-state index contributed by atoms with van der Waals surface area (Å²) in [6, 6.07) is 3.64. The van der Waals surface area contributed by atoms with Crippen LogP contribution >= 0.6 is 0 Å². The van der Waals surface area contributed by atoms with Crippen molar-refractivity contribution in [2.75, 3.05) is 0 Å². The molecular formula is C15H22N2O4. The molecule has 0 fully saturated rings.